The monoisotopic (exact) mass is 272 g/mol. The number of carbonyl (C=O) groups excluding carboxylic acids is 1. The summed E-state index contributed by atoms with van der Waals surface area (Å²) in [5, 5.41) is 5.48. The predicted molar refractivity (Wildman–Crippen MR) is 79.7 cm³/mol. The van der Waals surface area contributed by atoms with Gasteiger partial charge < -0.3 is 10.2 Å². The molecule has 0 bridgehead atoms. The third kappa shape index (κ3) is 2.79. The molecule has 4 heteroatoms. The smallest absolute Gasteiger partial charge is 0.227 e. The lowest BCUT2D eigenvalue weighted by Crippen LogP contribution is -2.23. The van der Waals surface area contributed by atoms with Crippen LogP contribution in [0.3, 0.4) is 0 Å². The first-order chi connectivity index (χ1) is 9.33. The number of thiophene rings is 1. The second-order valence-electron chi connectivity index (χ2n) is 4.63. The standard InChI is InChI=1S/C15H16N2OS/c18-15-7-2-8-17(15)13-5-1-4-12(10-13)16-11-14-6-3-9-19-14/h1,3-6,9-10,16H,2,7-8,11H2. The molecule has 1 fully saturated rings. The van der Waals surface area contributed by atoms with Gasteiger partial charge in [-0.25, -0.2) is 0 Å². The van der Waals surface area contributed by atoms with E-state index in [1.807, 2.05) is 23.1 Å². The van der Waals surface area contributed by atoms with Crippen LogP contribution >= 0.6 is 11.3 Å². The molecule has 2 heterocycles. The van der Waals surface area contributed by atoms with Crippen molar-refractivity contribution in [2.45, 2.75) is 19.4 Å². The Morgan fingerprint density at radius 1 is 1.26 bits per heavy atom. The van der Waals surface area contributed by atoms with Gasteiger partial charge in [0.2, 0.25) is 5.91 Å². The van der Waals surface area contributed by atoms with Crippen LogP contribution in [0.1, 0.15) is 17.7 Å². The number of rotatable bonds is 4. The maximum absolute atomic E-state index is 11.7. The van der Waals surface area contributed by atoms with Crippen LogP contribution in [-0.2, 0) is 11.3 Å². The molecule has 0 unspecified atom stereocenters. The first-order valence-electron chi connectivity index (χ1n) is 6.49. The van der Waals surface area contributed by atoms with Gasteiger partial charge in [0.25, 0.3) is 0 Å². The Morgan fingerprint density at radius 2 is 2.21 bits per heavy atom. The van der Waals surface area contributed by atoms with Crippen molar-refractivity contribution in [3.8, 4) is 0 Å². The van der Waals surface area contributed by atoms with Crippen LogP contribution < -0.4 is 10.2 Å². The van der Waals surface area contributed by atoms with E-state index in [0.29, 0.717) is 6.42 Å². The number of benzene rings is 1. The molecule has 1 N–H and O–H groups in total. The minimum atomic E-state index is 0.232. The molecular weight excluding hydrogens is 256 g/mol. The molecule has 0 aliphatic carbocycles. The number of hydrogen-bond acceptors (Lipinski definition) is 3. The molecule has 19 heavy (non-hydrogen) atoms. The lowest BCUT2D eigenvalue weighted by atomic mass is 10.2. The second kappa shape index (κ2) is 5.45. The Hall–Kier alpha value is -1.81. The highest BCUT2D eigenvalue weighted by atomic mass is 32.1. The summed E-state index contributed by atoms with van der Waals surface area (Å²) in [6, 6.07) is 12.3. The summed E-state index contributed by atoms with van der Waals surface area (Å²) in [6.45, 7) is 1.67. The molecule has 0 atom stereocenters. The van der Waals surface area contributed by atoms with Gasteiger partial charge in [0.15, 0.2) is 0 Å². The number of nitrogens with zero attached hydrogens (tertiary/aromatic N) is 1. The van der Waals surface area contributed by atoms with Crippen LogP contribution in [0.2, 0.25) is 0 Å². The van der Waals surface area contributed by atoms with Crippen molar-refractivity contribution in [3.05, 3.63) is 46.7 Å². The Balaban J connectivity index is 1.71. The second-order valence-corrected chi connectivity index (χ2v) is 5.66. The van der Waals surface area contributed by atoms with E-state index in [0.717, 1.165) is 30.9 Å². The van der Waals surface area contributed by atoms with Crippen LogP contribution in [0, 0.1) is 0 Å². The van der Waals surface area contributed by atoms with E-state index in [4.69, 9.17) is 0 Å². The van der Waals surface area contributed by atoms with E-state index in [-0.39, 0.29) is 5.91 Å². The van der Waals surface area contributed by atoms with Gasteiger partial charge in [-0.3, -0.25) is 4.79 Å². The molecule has 0 saturated carbocycles. The maximum Gasteiger partial charge on any atom is 0.227 e. The molecule has 3 nitrogen and oxygen atoms in total. The van der Waals surface area contributed by atoms with Crippen molar-refractivity contribution in [1.29, 1.82) is 0 Å². The lowest BCUT2D eigenvalue weighted by molar-refractivity contribution is -0.117. The van der Waals surface area contributed by atoms with Crippen LogP contribution in [0.4, 0.5) is 11.4 Å². The maximum atomic E-state index is 11.7. The summed E-state index contributed by atoms with van der Waals surface area (Å²) >= 11 is 1.75. The van der Waals surface area contributed by atoms with Crippen LogP contribution in [0.15, 0.2) is 41.8 Å². The van der Waals surface area contributed by atoms with Crippen LogP contribution in [-0.4, -0.2) is 12.5 Å². The summed E-state index contributed by atoms with van der Waals surface area (Å²) in [6.07, 6.45) is 1.64. The zero-order valence-electron chi connectivity index (χ0n) is 10.6. The third-order valence-electron chi connectivity index (χ3n) is 3.28. The van der Waals surface area contributed by atoms with E-state index in [2.05, 4.69) is 28.9 Å². The fourth-order valence-corrected chi connectivity index (χ4v) is 2.95. The normalized spacial score (nSPS) is 14.9. The van der Waals surface area contributed by atoms with Gasteiger partial charge in [-0.15, -0.1) is 11.3 Å². The van der Waals surface area contributed by atoms with Crippen LogP contribution in [0.25, 0.3) is 0 Å². The number of nitrogens with one attached hydrogen (secondary N) is 1. The zero-order valence-corrected chi connectivity index (χ0v) is 11.5. The van der Waals surface area contributed by atoms with E-state index in [1.54, 1.807) is 11.3 Å². The lowest BCUT2D eigenvalue weighted by Gasteiger charge is -2.17. The molecule has 1 aromatic heterocycles. The number of amides is 1. The molecule has 2 aromatic rings. The van der Waals surface area contributed by atoms with Crippen molar-refractivity contribution >= 4 is 28.6 Å². The summed E-state index contributed by atoms with van der Waals surface area (Å²) in [7, 11) is 0. The molecule has 3 rings (SSSR count). The molecule has 0 spiro atoms. The summed E-state index contributed by atoms with van der Waals surface area (Å²) in [5.74, 6) is 0.232. The van der Waals surface area contributed by atoms with Crippen molar-refractivity contribution < 1.29 is 4.79 Å². The minimum absolute atomic E-state index is 0.232. The predicted octanol–water partition coefficient (Wildman–Crippen LogP) is 3.49. The summed E-state index contributed by atoms with van der Waals surface area (Å²) in [4.78, 5) is 14.9. The molecule has 1 aromatic carbocycles. The zero-order chi connectivity index (χ0) is 13.1. The van der Waals surface area contributed by atoms with Gasteiger partial charge in [0.1, 0.15) is 0 Å². The number of hydrogen-bond donors (Lipinski definition) is 1. The Bertz CT molecular complexity index is 565. The van der Waals surface area contributed by atoms with E-state index < -0.39 is 0 Å². The quantitative estimate of drug-likeness (QED) is 0.924. The molecule has 1 aliphatic heterocycles. The highest BCUT2D eigenvalue weighted by molar-refractivity contribution is 7.09. The molecule has 1 saturated heterocycles. The molecule has 1 amide bonds. The highest BCUT2D eigenvalue weighted by Crippen LogP contribution is 2.24. The average Bonchev–Trinajstić information content (AvgIpc) is 3.08. The fourth-order valence-electron chi connectivity index (χ4n) is 2.31. The fraction of sp³-hybridized carbons (Fsp3) is 0.267. The van der Waals surface area contributed by atoms with E-state index >= 15 is 0 Å². The molecule has 0 radical (unpaired) electrons. The first kappa shape index (κ1) is 12.2. The van der Waals surface area contributed by atoms with E-state index in [9.17, 15) is 4.79 Å². The van der Waals surface area contributed by atoms with Crippen molar-refractivity contribution in [1.82, 2.24) is 0 Å². The number of anilines is 2. The minimum Gasteiger partial charge on any atom is -0.380 e. The van der Waals surface area contributed by atoms with Crippen molar-refractivity contribution in [2.24, 2.45) is 0 Å². The van der Waals surface area contributed by atoms with Gasteiger partial charge >= 0.3 is 0 Å². The van der Waals surface area contributed by atoms with Gasteiger partial charge in [0.05, 0.1) is 0 Å². The SMILES string of the molecule is O=C1CCCN1c1cccc(NCc2cccs2)c1. The van der Waals surface area contributed by atoms with Gasteiger partial charge in [-0.05, 0) is 36.1 Å². The summed E-state index contributed by atoms with van der Waals surface area (Å²) in [5.41, 5.74) is 2.06. The topological polar surface area (TPSA) is 32.3 Å². The van der Waals surface area contributed by atoms with Crippen molar-refractivity contribution in [3.63, 3.8) is 0 Å². The molecule has 98 valence electrons. The Morgan fingerprint density at radius 3 is 2.95 bits per heavy atom. The largest absolute Gasteiger partial charge is 0.380 e. The van der Waals surface area contributed by atoms with Gasteiger partial charge in [-0.1, -0.05) is 12.1 Å². The van der Waals surface area contributed by atoms with Gasteiger partial charge in [0, 0.05) is 35.8 Å². The first-order valence-corrected chi connectivity index (χ1v) is 7.37. The third-order valence-corrected chi connectivity index (χ3v) is 4.15. The number of carbonyl (C=O) groups is 1. The molecular formula is C15H16N2OS. The average molecular weight is 272 g/mol. The summed E-state index contributed by atoms with van der Waals surface area (Å²) < 4.78 is 0. The Kier molecular flexibility index (Phi) is 3.51. The molecule has 1 aliphatic rings. The van der Waals surface area contributed by atoms with Gasteiger partial charge in [-0.2, -0.15) is 0 Å². The van der Waals surface area contributed by atoms with Crippen LogP contribution in [0.5, 0.6) is 0 Å². The Labute approximate surface area is 116 Å². The highest BCUT2D eigenvalue weighted by Gasteiger charge is 2.21. The van der Waals surface area contributed by atoms with Crippen molar-refractivity contribution in [2.75, 3.05) is 16.8 Å². The van der Waals surface area contributed by atoms with E-state index in [1.165, 1.54) is 4.88 Å².